The Morgan fingerprint density at radius 1 is 1.29 bits per heavy atom. The van der Waals surface area contributed by atoms with E-state index in [1.807, 2.05) is 0 Å². The predicted octanol–water partition coefficient (Wildman–Crippen LogP) is 1.10. The molecule has 5 nitrogen and oxygen atoms in total. The Hall–Kier alpha value is -1.79. The molecule has 88 valence electrons. The minimum atomic E-state index is -0.395. The predicted molar refractivity (Wildman–Crippen MR) is 66.6 cm³/mol. The van der Waals surface area contributed by atoms with E-state index >= 15 is 0 Å². The van der Waals surface area contributed by atoms with Gasteiger partial charge in [0.1, 0.15) is 5.70 Å². The van der Waals surface area contributed by atoms with Crippen molar-refractivity contribution < 1.29 is 15.0 Å². The lowest BCUT2D eigenvalue weighted by Gasteiger charge is -2.02. The molecule has 0 spiro atoms. The molecular weight excluding hydrogens is 264 g/mol. The Morgan fingerprint density at radius 3 is 2.53 bits per heavy atom. The third kappa shape index (κ3) is 2.32. The Morgan fingerprint density at radius 2 is 2.00 bits per heavy atom. The standard InChI is InChI=1S/C10H7ClN2O3S/c11-5-1-4(3-7(14)8(5)15)2-6-9(16)13-10(17)12-6/h1-3,14-15H,(H2,12,13,16,17)/b6-2+. The van der Waals surface area contributed by atoms with Gasteiger partial charge in [0.25, 0.3) is 5.91 Å². The summed E-state index contributed by atoms with van der Waals surface area (Å²) < 4.78 is 0. The van der Waals surface area contributed by atoms with Gasteiger partial charge in [-0.25, -0.2) is 0 Å². The highest BCUT2D eigenvalue weighted by molar-refractivity contribution is 7.80. The normalized spacial score (nSPS) is 17.1. The Balaban J connectivity index is 2.40. The van der Waals surface area contributed by atoms with Gasteiger partial charge in [0.2, 0.25) is 0 Å². The first-order valence-electron chi connectivity index (χ1n) is 4.53. The van der Waals surface area contributed by atoms with E-state index in [0.717, 1.165) is 0 Å². The number of aromatic hydroxyl groups is 2. The summed E-state index contributed by atoms with van der Waals surface area (Å²) in [5, 5.41) is 23.9. The largest absolute Gasteiger partial charge is 0.504 e. The quantitative estimate of drug-likeness (QED) is 0.349. The molecule has 0 atom stereocenters. The van der Waals surface area contributed by atoms with E-state index in [1.165, 1.54) is 18.2 Å². The molecule has 1 aromatic carbocycles. The summed E-state index contributed by atoms with van der Waals surface area (Å²) in [6.07, 6.45) is 1.46. The summed E-state index contributed by atoms with van der Waals surface area (Å²) in [6, 6.07) is 2.70. The van der Waals surface area contributed by atoms with Crippen LogP contribution in [-0.4, -0.2) is 21.2 Å². The van der Waals surface area contributed by atoms with Gasteiger partial charge in [-0.2, -0.15) is 0 Å². The Labute approximate surface area is 107 Å². The van der Waals surface area contributed by atoms with E-state index in [4.69, 9.17) is 23.8 Å². The number of nitrogens with one attached hydrogen (secondary N) is 2. The second-order valence-corrected chi connectivity index (χ2v) is 4.15. The second kappa shape index (κ2) is 4.23. The minimum absolute atomic E-state index is 0.00201. The summed E-state index contributed by atoms with van der Waals surface area (Å²) >= 11 is 10.4. The van der Waals surface area contributed by atoms with Crippen molar-refractivity contribution in [1.82, 2.24) is 10.6 Å². The van der Waals surface area contributed by atoms with Gasteiger partial charge in [-0.3, -0.25) is 10.1 Å². The van der Waals surface area contributed by atoms with E-state index in [1.54, 1.807) is 0 Å². The van der Waals surface area contributed by atoms with Crippen LogP contribution >= 0.6 is 23.8 Å². The summed E-state index contributed by atoms with van der Waals surface area (Å²) in [6.45, 7) is 0. The zero-order valence-electron chi connectivity index (χ0n) is 8.32. The van der Waals surface area contributed by atoms with Gasteiger partial charge in [-0.15, -0.1) is 0 Å². The number of rotatable bonds is 1. The van der Waals surface area contributed by atoms with Crippen molar-refractivity contribution in [3.8, 4) is 11.5 Å². The number of benzene rings is 1. The van der Waals surface area contributed by atoms with Gasteiger partial charge in [0.15, 0.2) is 16.6 Å². The van der Waals surface area contributed by atoms with Crippen LogP contribution in [0.2, 0.25) is 5.02 Å². The molecule has 17 heavy (non-hydrogen) atoms. The fourth-order valence-electron chi connectivity index (χ4n) is 1.34. The van der Waals surface area contributed by atoms with Gasteiger partial charge in [-0.1, -0.05) is 11.6 Å². The first kappa shape index (κ1) is 11.7. The monoisotopic (exact) mass is 270 g/mol. The molecule has 1 amide bonds. The highest BCUT2D eigenvalue weighted by Crippen LogP contribution is 2.34. The lowest BCUT2D eigenvalue weighted by Crippen LogP contribution is -2.21. The molecule has 4 N–H and O–H groups in total. The molecule has 1 heterocycles. The number of thiocarbonyl (C=S) groups is 1. The second-order valence-electron chi connectivity index (χ2n) is 3.34. The highest BCUT2D eigenvalue weighted by atomic mass is 35.5. The first-order valence-corrected chi connectivity index (χ1v) is 5.31. The molecule has 1 fully saturated rings. The van der Waals surface area contributed by atoms with Crippen molar-refractivity contribution in [2.45, 2.75) is 0 Å². The SMILES string of the molecule is O=C1NC(=S)N/C1=C/c1cc(O)c(O)c(Cl)c1. The minimum Gasteiger partial charge on any atom is -0.504 e. The third-order valence-electron chi connectivity index (χ3n) is 2.10. The van der Waals surface area contributed by atoms with Crippen LogP contribution in [0.3, 0.4) is 0 Å². The molecule has 2 rings (SSSR count). The van der Waals surface area contributed by atoms with Gasteiger partial charge in [0.05, 0.1) is 5.02 Å². The van der Waals surface area contributed by atoms with Gasteiger partial charge < -0.3 is 15.5 Å². The topological polar surface area (TPSA) is 81.6 Å². The number of hydrogen-bond donors (Lipinski definition) is 4. The summed E-state index contributed by atoms with van der Waals surface area (Å²) in [5.74, 6) is -1.11. The molecule has 1 saturated heterocycles. The summed E-state index contributed by atoms with van der Waals surface area (Å²) in [7, 11) is 0. The maximum Gasteiger partial charge on any atom is 0.273 e. The number of halogens is 1. The molecule has 0 saturated carbocycles. The van der Waals surface area contributed by atoms with Crippen molar-refractivity contribution in [3.63, 3.8) is 0 Å². The van der Waals surface area contributed by atoms with Crippen LogP contribution in [0.4, 0.5) is 0 Å². The fraction of sp³-hybridized carbons (Fsp3) is 0. The van der Waals surface area contributed by atoms with Crippen molar-refractivity contribution in [3.05, 3.63) is 28.4 Å². The van der Waals surface area contributed by atoms with E-state index in [9.17, 15) is 15.0 Å². The molecule has 1 aliphatic rings. The summed E-state index contributed by atoms with van der Waals surface area (Å²) in [5.41, 5.74) is 0.712. The molecule has 0 aromatic heterocycles. The van der Waals surface area contributed by atoms with Gasteiger partial charge in [0, 0.05) is 0 Å². The van der Waals surface area contributed by atoms with E-state index in [0.29, 0.717) is 5.56 Å². The van der Waals surface area contributed by atoms with E-state index < -0.39 is 5.75 Å². The number of amides is 1. The van der Waals surface area contributed by atoms with E-state index in [-0.39, 0.29) is 27.5 Å². The molecule has 7 heteroatoms. The van der Waals surface area contributed by atoms with Crippen LogP contribution < -0.4 is 10.6 Å². The number of carbonyl (C=O) groups excluding carboxylic acids is 1. The first-order chi connectivity index (χ1) is 7.97. The van der Waals surface area contributed by atoms with E-state index in [2.05, 4.69) is 10.6 Å². The number of phenols is 2. The average Bonchev–Trinajstić information content (AvgIpc) is 2.54. The Bertz CT molecular complexity index is 533. The third-order valence-corrected chi connectivity index (χ3v) is 2.59. The summed E-state index contributed by atoms with van der Waals surface area (Å²) in [4.78, 5) is 11.4. The molecule has 1 aromatic rings. The maximum atomic E-state index is 11.4. The van der Waals surface area contributed by atoms with Crippen molar-refractivity contribution in [1.29, 1.82) is 0 Å². The zero-order valence-corrected chi connectivity index (χ0v) is 9.89. The molecule has 1 aliphatic heterocycles. The van der Waals surface area contributed by atoms with Gasteiger partial charge >= 0.3 is 0 Å². The molecular formula is C10H7ClN2O3S. The zero-order chi connectivity index (χ0) is 12.6. The molecule has 0 radical (unpaired) electrons. The van der Waals surface area contributed by atoms with Crippen LogP contribution in [0.5, 0.6) is 11.5 Å². The lowest BCUT2D eigenvalue weighted by atomic mass is 10.1. The van der Waals surface area contributed by atoms with Crippen LogP contribution in [0.15, 0.2) is 17.8 Å². The number of carbonyl (C=O) groups is 1. The smallest absolute Gasteiger partial charge is 0.273 e. The van der Waals surface area contributed by atoms with Crippen LogP contribution in [0, 0.1) is 0 Å². The van der Waals surface area contributed by atoms with Crippen molar-refractivity contribution >= 4 is 40.9 Å². The Kier molecular flexibility index (Phi) is 2.91. The van der Waals surface area contributed by atoms with Crippen molar-refractivity contribution in [2.24, 2.45) is 0 Å². The maximum absolute atomic E-state index is 11.4. The van der Waals surface area contributed by atoms with Crippen molar-refractivity contribution in [2.75, 3.05) is 0 Å². The molecule has 0 aliphatic carbocycles. The fourth-order valence-corrected chi connectivity index (χ4v) is 1.76. The average molecular weight is 271 g/mol. The number of phenolic OH excluding ortho intramolecular Hbond substituents is 2. The van der Waals surface area contributed by atoms with Crippen LogP contribution in [0.25, 0.3) is 6.08 Å². The van der Waals surface area contributed by atoms with Crippen LogP contribution in [-0.2, 0) is 4.79 Å². The highest BCUT2D eigenvalue weighted by Gasteiger charge is 2.20. The van der Waals surface area contributed by atoms with Crippen LogP contribution in [0.1, 0.15) is 5.56 Å². The molecule has 0 unspecified atom stereocenters. The molecule has 0 bridgehead atoms. The lowest BCUT2D eigenvalue weighted by molar-refractivity contribution is -0.115. The van der Waals surface area contributed by atoms with Gasteiger partial charge in [-0.05, 0) is 36.0 Å². The number of hydrogen-bond acceptors (Lipinski definition) is 4.